The smallest absolute Gasteiger partial charge is 0.188 e. The topological polar surface area (TPSA) is 63.6 Å². The number of benzene rings is 1. The lowest BCUT2D eigenvalue weighted by atomic mass is 10.0. The van der Waals surface area contributed by atoms with Gasteiger partial charge in [0, 0.05) is 28.4 Å². The summed E-state index contributed by atoms with van der Waals surface area (Å²) in [5, 5.41) is 8.90. The first-order valence-corrected chi connectivity index (χ1v) is 9.51. The number of aryl methyl sites for hydroxylation is 1. The Morgan fingerprint density at radius 2 is 1.95 bits per heavy atom. The molecule has 124 valence electrons. The van der Waals surface area contributed by atoms with Crippen molar-refractivity contribution in [3.63, 3.8) is 0 Å². The van der Waals surface area contributed by atoms with E-state index < -0.39 is 17.4 Å². The summed E-state index contributed by atoms with van der Waals surface area (Å²) >= 11 is 0. The van der Waals surface area contributed by atoms with Gasteiger partial charge in [0.1, 0.15) is 12.4 Å². The number of rotatable bonds is 11. The highest BCUT2D eigenvalue weighted by atomic mass is 32.2. The summed E-state index contributed by atoms with van der Waals surface area (Å²) in [6, 6.07) is 5.30. The van der Waals surface area contributed by atoms with Gasteiger partial charge in [0.05, 0.1) is 6.61 Å². The largest absolute Gasteiger partial charge is 0.493 e. The van der Waals surface area contributed by atoms with Gasteiger partial charge in [-0.15, -0.1) is 0 Å². The van der Waals surface area contributed by atoms with E-state index in [2.05, 4.69) is 0 Å². The van der Waals surface area contributed by atoms with Crippen LogP contribution in [0.15, 0.2) is 18.2 Å². The predicted octanol–water partition coefficient (Wildman–Crippen LogP) is 2.74. The van der Waals surface area contributed by atoms with E-state index in [4.69, 9.17) is 9.84 Å². The zero-order valence-corrected chi connectivity index (χ0v) is 14.3. The van der Waals surface area contributed by atoms with Crippen LogP contribution in [0.4, 0.5) is 0 Å². The molecule has 0 radical (unpaired) electrons. The molecule has 0 aliphatic carbocycles. The summed E-state index contributed by atoms with van der Waals surface area (Å²) in [5.41, 5.74) is 1.51. The lowest BCUT2D eigenvalue weighted by molar-refractivity contribution is 0.0903. The van der Waals surface area contributed by atoms with Crippen LogP contribution in [0.3, 0.4) is 0 Å². The second-order valence-electron chi connectivity index (χ2n) is 5.30. The number of hydrogen-bond donors (Lipinski definition) is 1. The number of ether oxygens (including phenoxy) is 1. The average Bonchev–Trinajstić information content (AvgIpc) is 2.52. The monoisotopic (exact) mass is 326 g/mol. The standard InChI is InChI=1S/C17H26O4S/c1-3-14-12-15(16(19)13-18)8-9-17(14)21-10-6-4-5-7-11-22(2)20/h8-9,12,18H,3-7,10-11,13H2,1-2H3. The van der Waals surface area contributed by atoms with E-state index in [1.165, 1.54) is 0 Å². The number of unbranched alkanes of at least 4 members (excludes halogenated alkanes) is 3. The summed E-state index contributed by atoms with van der Waals surface area (Å²) in [4.78, 5) is 11.5. The summed E-state index contributed by atoms with van der Waals surface area (Å²) in [7, 11) is -0.691. The molecule has 0 aliphatic rings. The van der Waals surface area contributed by atoms with Gasteiger partial charge in [-0.1, -0.05) is 19.8 Å². The fraction of sp³-hybridized carbons (Fsp3) is 0.588. The molecule has 1 unspecified atom stereocenters. The number of aliphatic hydroxyl groups excluding tert-OH is 1. The predicted molar refractivity (Wildman–Crippen MR) is 90.1 cm³/mol. The SMILES string of the molecule is CCc1cc(C(=O)CO)ccc1OCCCCCCS(C)=O. The van der Waals surface area contributed by atoms with Crippen LogP contribution >= 0.6 is 0 Å². The number of carbonyl (C=O) groups excluding carboxylic acids is 1. The summed E-state index contributed by atoms with van der Waals surface area (Å²) in [6.45, 7) is 2.20. The highest BCUT2D eigenvalue weighted by molar-refractivity contribution is 7.84. The third-order valence-electron chi connectivity index (χ3n) is 3.49. The van der Waals surface area contributed by atoms with Crippen molar-refractivity contribution >= 4 is 16.6 Å². The molecule has 1 aromatic carbocycles. The van der Waals surface area contributed by atoms with Crippen LogP contribution in [0.1, 0.15) is 48.5 Å². The minimum atomic E-state index is -0.691. The Bertz CT molecular complexity index is 499. The van der Waals surface area contributed by atoms with Gasteiger partial charge in [0.2, 0.25) is 0 Å². The number of ketones is 1. The molecule has 1 aromatic rings. The fourth-order valence-corrected chi connectivity index (χ4v) is 2.82. The van der Waals surface area contributed by atoms with Crippen LogP contribution < -0.4 is 4.74 Å². The van der Waals surface area contributed by atoms with Gasteiger partial charge in [-0.25, -0.2) is 0 Å². The van der Waals surface area contributed by atoms with Crippen molar-refractivity contribution in [2.75, 3.05) is 25.2 Å². The minimum Gasteiger partial charge on any atom is -0.493 e. The molecule has 0 saturated heterocycles. The average molecular weight is 326 g/mol. The third kappa shape index (κ3) is 6.71. The molecule has 5 heteroatoms. The molecule has 0 aliphatic heterocycles. The van der Waals surface area contributed by atoms with Gasteiger partial charge in [0.25, 0.3) is 0 Å². The van der Waals surface area contributed by atoms with E-state index in [9.17, 15) is 9.00 Å². The maximum absolute atomic E-state index is 11.5. The Balaban J connectivity index is 2.39. The van der Waals surface area contributed by atoms with E-state index in [0.717, 1.165) is 49.2 Å². The van der Waals surface area contributed by atoms with Gasteiger partial charge >= 0.3 is 0 Å². The summed E-state index contributed by atoms with van der Waals surface area (Å²) < 4.78 is 16.7. The second kappa shape index (κ2) is 10.5. The Morgan fingerprint density at radius 3 is 2.59 bits per heavy atom. The van der Waals surface area contributed by atoms with Gasteiger partial charge in [-0.2, -0.15) is 0 Å². The second-order valence-corrected chi connectivity index (χ2v) is 6.85. The summed E-state index contributed by atoms with van der Waals surface area (Å²) in [6.07, 6.45) is 6.64. The zero-order chi connectivity index (χ0) is 16.4. The van der Waals surface area contributed by atoms with Crippen LogP contribution in [0, 0.1) is 0 Å². The van der Waals surface area contributed by atoms with Crippen molar-refractivity contribution in [3.8, 4) is 5.75 Å². The highest BCUT2D eigenvalue weighted by Gasteiger charge is 2.08. The van der Waals surface area contributed by atoms with Gasteiger partial charge in [0.15, 0.2) is 5.78 Å². The van der Waals surface area contributed by atoms with Crippen LogP contribution in [0.2, 0.25) is 0 Å². The first-order chi connectivity index (χ1) is 10.6. The van der Waals surface area contributed by atoms with Crippen LogP contribution in [0.5, 0.6) is 5.75 Å². The molecular formula is C17H26O4S. The molecule has 0 amide bonds. The first kappa shape index (κ1) is 18.8. The number of aliphatic hydroxyl groups is 1. The summed E-state index contributed by atoms with van der Waals surface area (Å²) in [5.74, 6) is 1.32. The molecule has 22 heavy (non-hydrogen) atoms. The fourth-order valence-electron chi connectivity index (χ4n) is 2.20. The number of carbonyl (C=O) groups is 1. The lowest BCUT2D eigenvalue weighted by Crippen LogP contribution is -2.06. The van der Waals surface area contributed by atoms with Crippen molar-refractivity contribution in [2.45, 2.75) is 39.0 Å². The molecule has 0 saturated carbocycles. The van der Waals surface area contributed by atoms with Crippen LogP contribution in [-0.4, -0.2) is 40.3 Å². The maximum atomic E-state index is 11.5. The van der Waals surface area contributed by atoms with Gasteiger partial charge in [-0.05, 0) is 43.0 Å². The van der Waals surface area contributed by atoms with Crippen molar-refractivity contribution in [1.82, 2.24) is 0 Å². The van der Waals surface area contributed by atoms with Crippen molar-refractivity contribution in [1.29, 1.82) is 0 Å². The quantitative estimate of drug-likeness (QED) is 0.502. The Morgan fingerprint density at radius 1 is 1.23 bits per heavy atom. The van der Waals surface area contributed by atoms with Crippen molar-refractivity contribution in [3.05, 3.63) is 29.3 Å². The third-order valence-corrected chi connectivity index (χ3v) is 4.35. The van der Waals surface area contributed by atoms with Crippen molar-refractivity contribution < 1.29 is 18.8 Å². The Hall–Kier alpha value is -1.20. The van der Waals surface area contributed by atoms with E-state index in [1.807, 2.05) is 13.0 Å². The number of Topliss-reactive ketones (excluding diaryl/α,β-unsaturated/α-hetero) is 1. The molecule has 1 atom stereocenters. The molecule has 0 heterocycles. The minimum absolute atomic E-state index is 0.269. The molecule has 1 N–H and O–H groups in total. The molecule has 0 bridgehead atoms. The van der Waals surface area contributed by atoms with Gasteiger partial charge < -0.3 is 9.84 Å². The highest BCUT2D eigenvalue weighted by Crippen LogP contribution is 2.21. The van der Waals surface area contributed by atoms with Crippen LogP contribution in [-0.2, 0) is 17.2 Å². The van der Waals surface area contributed by atoms with E-state index >= 15 is 0 Å². The Labute approximate surface area is 135 Å². The maximum Gasteiger partial charge on any atom is 0.188 e. The normalized spacial score (nSPS) is 12.1. The van der Waals surface area contributed by atoms with E-state index in [0.29, 0.717) is 12.2 Å². The van der Waals surface area contributed by atoms with E-state index in [1.54, 1.807) is 18.4 Å². The van der Waals surface area contributed by atoms with Gasteiger partial charge in [-0.3, -0.25) is 9.00 Å². The molecule has 1 rings (SSSR count). The van der Waals surface area contributed by atoms with E-state index in [-0.39, 0.29) is 5.78 Å². The molecule has 0 aromatic heterocycles. The lowest BCUT2D eigenvalue weighted by Gasteiger charge is -2.11. The zero-order valence-electron chi connectivity index (χ0n) is 13.5. The molecular weight excluding hydrogens is 300 g/mol. The number of hydrogen-bond acceptors (Lipinski definition) is 4. The molecule has 0 spiro atoms. The van der Waals surface area contributed by atoms with Crippen LogP contribution in [0.25, 0.3) is 0 Å². The molecule has 0 fully saturated rings. The molecule has 4 nitrogen and oxygen atoms in total. The first-order valence-electron chi connectivity index (χ1n) is 7.78. The Kier molecular flexibility index (Phi) is 9.01. The van der Waals surface area contributed by atoms with Crippen molar-refractivity contribution in [2.24, 2.45) is 0 Å².